The molecule has 0 saturated heterocycles. The van der Waals surface area contributed by atoms with Crippen LogP contribution >= 0.6 is 0 Å². The molecular formula is C23H40O4. The molecule has 0 bridgehead atoms. The van der Waals surface area contributed by atoms with Crippen molar-refractivity contribution in [2.24, 2.45) is 17.8 Å². The van der Waals surface area contributed by atoms with Gasteiger partial charge in [-0.15, -0.1) is 0 Å². The fourth-order valence-electron chi connectivity index (χ4n) is 3.90. The minimum absolute atomic E-state index is 0.111. The lowest BCUT2D eigenvalue weighted by Gasteiger charge is -2.18. The van der Waals surface area contributed by atoms with Gasteiger partial charge in [-0.3, -0.25) is 9.59 Å². The highest BCUT2D eigenvalue weighted by Gasteiger charge is 2.32. The molecule has 1 aliphatic rings. The summed E-state index contributed by atoms with van der Waals surface area (Å²) in [7, 11) is 0. The van der Waals surface area contributed by atoms with E-state index in [0.29, 0.717) is 25.2 Å². The summed E-state index contributed by atoms with van der Waals surface area (Å²) < 4.78 is 4.93. The average Bonchev–Trinajstić information content (AvgIpc) is 3.00. The van der Waals surface area contributed by atoms with E-state index >= 15 is 0 Å². The van der Waals surface area contributed by atoms with Crippen molar-refractivity contribution in [1.82, 2.24) is 0 Å². The molecule has 4 nitrogen and oxygen atoms in total. The number of rotatable bonds is 14. The van der Waals surface area contributed by atoms with Crippen LogP contribution in [-0.4, -0.2) is 29.6 Å². The Hall–Kier alpha value is -1.16. The van der Waals surface area contributed by atoms with Gasteiger partial charge in [0.2, 0.25) is 0 Å². The van der Waals surface area contributed by atoms with E-state index in [1.807, 2.05) is 13.0 Å². The Balaban J connectivity index is 2.31. The zero-order valence-corrected chi connectivity index (χ0v) is 17.6. The first-order valence-electron chi connectivity index (χ1n) is 11.0. The fraction of sp³-hybridized carbons (Fsp3) is 0.826. The Kier molecular flexibility index (Phi) is 12.3. The van der Waals surface area contributed by atoms with Gasteiger partial charge in [0.15, 0.2) is 0 Å². The quantitative estimate of drug-likeness (QED) is 0.255. The molecule has 0 spiro atoms. The number of ketones is 1. The van der Waals surface area contributed by atoms with Crippen molar-refractivity contribution in [2.45, 2.75) is 97.5 Å². The Labute approximate surface area is 165 Å². The van der Waals surface area contributed by atoms with Crippen LogP contribution in [0.5, 0.6) is 0 Å². The van der Waals surface area contributed by atoms with Gasteiger partial charge in [0, 0.05) is 18.8 Å². The van der Waals surface area contributed by atoms with Crippen molar-refractivity contribution < 1.29 is 19.4 Å². The smallest absolute Gasteiger partial charge is 0.305 e. The molecule has 1 saturated carbocycles. The van der Waals surface area contributed by atoms with Crippen LogP contribution in [0.4, 0.5) is 0 Å². The third-order valence-electron chi connectivity index (χ3n) is 5.76. The number of esters is 1. The monoisotopic (exact) mass is 380 g/mol. The second kappa shape index (κ2) is 13.9. The summed E-state index contributed by atoms with van der Waals surface area (Å²) in [6.45, 7) is 6.54. The van der Waals surface area contributed by atoms with Gasteiger partial charge in [0.1, 0.15) is 5.78 Å². The van der Waals surface area contributed by atoms with Gasteiger partial charge in [-0.25, -0.2) is 0 Å². The SMILES string of the molecule is CCCCC(C)[C@@H](O)/C=C/C1CCC(=O)[C@@H]1CCCCCCC(=O)OCC. The number of Topliss-reactive ketones (excluding diaryl/α,β-unsaturated/α-hetero) is 1. The first-order chi connectivity index (χ1) is 13.0. The number of ether oxygens (including phenoxy) is 1. The molecule has 1 N–H and O–H groups in total. The van der Waals surface area contributed by atoms with Gasteiger partial charge in [-0.05, 0) is 44.4 Å². The summed E-state index contributed by atoms with van der Waals surface area (Å²) in [6, 6.07) is 0. The van der Waals surface area contributed by atoms with E-state index in [1.165, 1.54) is 0 Å². The van der Waals surface area contributed by atoms with Gasteiger partial charge in [-0.1, -0.05) is 58.1 Å². The standard InChI is InChI=1S/C23H40O4/c1-4-6-11-18(3)21(24)16-14-19-15-17-22(25)20(19)12-9-7-8-10-13-23(26)27-5-2/h14,16,18-21,24H,4-13,15,17H2,1-3H3/b16-14+/t18?,19?,20-,21+/m1/s1. The molecule has 1 fully saturated rings. The topological polar surface area (TPSA) is 63.6 Å². The highest BCUT2D eigenvalue weighted by molar-refractivity contribution is 5.83. The Bertz CT molecular complexity index is 457. The van der Waals surface area contributed by atoms with E-state index in [4.69, 9.17) is 4.74 Å². The van der Waals surface area contributed by atoms with E-state index in [0.717, 1.165) is 57.8 Å². The molecule has 27 heavy (non-hydrogen) atoms. The minimum atomic E-state index is -0.407. The number of hydrogen-bond acceptors (Lipinski definition) is 4. The number of hydrogen-bond donors (Lipinski definition) is 1. The van der Waals surface area contributed by atoms with E-state index in [-0.39, 0.29) is 23.7 Å². The predicted molar refractivity (Wildman–Crippen MR) is 109 cm³/mol. The van der Waals surface area contributed by atoms with Crippen molar-refractivity contribution in [3.63, 3.8) is 0 Å². The lowest BCUT2D eigenvalue weighted by atomic mass is 9.88. The van der Waals surface area contributed by atoms with Crippen LogP contribution in [0.3, 0.4) is 0 Å². The van der Waals surface area contributed by atoms with Crippen LogP contribution in [0.2, 0.25) is 0 Å². The number of carbonyl (C=O) groups excluding carboxylic acids is 2. The van der Waals surface area contributed by atoms with Crippen LogP contribution in [0, 0.1) is 17.8 Å². The normalized spacial score (nSPS) is 22.3. The Morgan fingerprint density at radius 1 is 1.22 bits per heavy atom. The number of unbranched alkanes of at least 4 members (excludes halogenated alkanes) is 4. The Morgan fingerprint density at radius 2 is 1.96 bits per heavy atom. The van der Waals surface area contributed by atoms with Crippen molar-refractivity contribution in [2.75, 3.05) is 6.61 Å². The van der Waals surface area contributed by atoms with Crippen LogP contribution in [0.15, 0.2) is 12.2 Å². The molecule has 2 unspecified atom stereocenters. The molecule has 0 aliphatic heterocycles. The zero-order chi connectivity index (χ0) is 20.1. The molecule has 0 radical (unpaired) electrons. The second-order valence-electron chi connectivity index (χ2n) is 8.03. The minimum Gasteiger partial charge on any atom is -0.466 e. The second-order valence-corrected chi connectivity index (χ2v) is 8.03. The third kappa shape index (κ3) is 9.55. The number of carbonyl (C=O) groups is 2. The maximum atomic E-state index is 12.2. The molecule has 156 valence electrons. The summed E-state index contributed by atoms with van der Waals surface area (Å²) >= 11 is 0. The van der Waals surface area contributed by atoms with Gasteiger partial charge < -0.3 is 9.84 Å². The maximum absolute atomic E-state index is 12.2. The third-order valence-corrected chi connectivity index (χ3v) is 5.76. The lowest BCUT2D eigenvalue weighted by Crippen LogP contribution is -2.17. The summed E-state index contributed by atoms with van der Waals surface area (Å²) in [5.74, 6) is 0.941. The van der Waals surface area contributed by atoms with Crippen molar-refractivity contribution in [1.29, 1.82) is 0 Å². The summed E-state index contributed by atoms with van der Waals surface area (Å²) in [5.41, 5.74) is 0. The summed E-state index contributed by atoms with van der Waals surface area (Å²) in [5, 5.41) is 10.3. The average molecular weight is 381 g/mol. The first kappa shape index (κ1) is 23.9. The first-order valence-corrected chi connectivity index (χ1v) is 11.0. The summed E-state index contributed by atoms with van der Waals surface area (Å²) in [6.07, 6.45) is 13.9. The van der Waals surface area contributed by atoms with E-state index in [1.54, 1.807) is 0 Å². The van der Waals surface area contributed by atoms with Crippen LogP contribution in [0.25, 0.3) is 0 Å². The van der Waals surface area contributed by atoms with Crippen LogP contribution in [0.1, 0.15) is 91.4 Å². The van der Waals surface area contributed by atoms with Crippen molar-refractivity contribution in [3.8, 4) is 0 Å². The number of allylic oxidation sites excluding steroid dienone is 1. The molecular weight excluding hydrogens is 340 g/mol. The molecule has 4 heteroatoms. The molecule has 1 rings (SSSR count). The van der Waals surface area contributed by atoms with Gasteiger partial charge >= 0.3 is 5.97 Å². The zero-order valence-electron chi connectivity index (χ0n) is 17.6. The lowest BCUT2D eigenvalue weighted by molar-refractivity contribution is -0.143. The molecule has 4 atom stereocenters. The molecule has 0 heterocycles. The van der Waals surface area contributed by atoms with Crippen molar-refractivity contribution in [3.05, 3.63) is 12.2 Å². The van der Waals surface area contributed by atoms with E-state index in [2.05, 4.69) is 19.9 Å². The van der Waals surface area contributed by atoms with Gasteiger partial charge in [-0.2, -0.15) is 0 Å². The van der Waals surface area contributed by atoms with Crippen LogP contribution in [-0.2, 0) is 14.3 Å². The maximum Gasteiger partial charge on any atom is 0.305 e. The van der Waals surface area contributed by atoms with Gasteiger partial charge in [0.25, 0.3) is 0 Å². The number of aliphatic hydroxyl groups excluding tert-OH is 1. The molecule has 0 amide bonds. The summed E-state index contributed by atoms with van der Waals surface area (Å²) in [4.78, 5) is 23.5. The predicted octanol–water partition coefficient (Wildman–Crippen LogP) is 5.23. The van der Waals surface area contributed by atoms with E-state index < -0.39 is 6.10 Å². The fourth-order valence-corrected chi connectivity index (χ4v) is 3.90. The van der Waals surface area contributed by atoms with E-state index in [9.17, 15) is 14.7 Å². The van der Waals surface area contributed by atoms with Gasteiger partial charge in [0.05, 0.1) is 12.7 Å². The molecule has 0 aromatic rings. The molecule has 1 aliphatic carbocycles. The highest BCUT2D eigenvalue weighted by atomic mass is 16.5. The van der Waals surface area contributed by atoms with Crippen molar-refractivity contribution >= 4 is 11.8 Å². The van der Waals surface area contributed by atoms with Crippen LogP contribution < -0.4 is 0 Å². The largest absolute Gasteiger partial charge is 0.466 e. The molecule has 0 aromatic heterocycles. The Morgan fingerprint density at radius 3 is 2.67 bits per heavy atom. The number of aliphatic hydroxyl groups is 1. The molecule has 0 aromatic carbocycles. The highest BCUT2D eigenvalue weighted by Crippen LogP contribution is 2.34.